The Kier molecular flexibility index (Phi) is 6.95. The Morgan fingerprint density at radius 3 is 2.38 bits per heavy atom. The molecule has 0 aromatic carbocycles. The van der Waals surface area contributed by atoms with Crippen molar-refractivity contribution in [2.45, 2.75) is 19.0 Å². The number of carbonyl (C=O) groups excluding carboxylic acids is 1. The van der Waals surface area contributed by atoms with Gasteiger partial charge in [-0.15, -0.1) is 0 Å². The first-order valence-electron chi connectivity index (χ1n) is 4.48. The van der Waals surface area contributed by atoms with E-state index < -0.39 is 18.1 Å². The molecule has 16 heavy (non-hydrogen) atoms. The van der Waals surface area contributed by atoms with Crippen LogP contribution in [0.25, 0.3) is 0 Å². The highest BCUT2D eigenvalue weighted by Gasteiger charge is 2.38. The average Bonchev–Trinajstić information content (AvgIpc) is 2.14. The third-order valence-corrected chi connectivity index (χ3v) is 2.51. The van der Waals surface area contributed by atoms with Crippen LogP contribution in [0.3, 0.4) is 0 Å². The first kappa shape index (κ1) is 15.1. The van der Waals surface area contributed by atoms with Crippen LogP contribution >= 0.6 is 11.8 Å². The van der Waals surface area contributed by atoms with Crippen LogP contribution in [-0.2, 0) is 9.59 Å². The summed E-state index contributed by atoms with van der Waals surface area (Å²) in [4.78, 5) is 20.4. The fraction of sp³-hybridized carbons (Fsp3) is 0.750. The molecule has 0 fully saturated rings. The van der Waals surface area contributed by atoms with E-state index in [2.05, 4.69) is 0 Å². The van der Waals surface area contributed by atoms with E-state index in [-0.39, 0.29) is 12.3 Å². The van der Waals surface area contributed by atoms with E-state index in [4.69, 9.17) is 5.11 Å². The Bertz CT molecular complexity index is 245. The molecule has 0 unspecified atom stereocenters. The first-order valence-corrected chi connectivity index (χ1v) is 5.64. The summed E-state index contributed by atoms with van der Waals surface area (Å²) in [5.41, 5.74) is 0. The smallest absolute Gasteiger partial charge is 0.471 e. The molecule has 0 spiro atoms. The molecule has 0 atom stereocenters. The molecule has 0 aromatic rings. The summed E-state index contributed by atoms with van der Waals surface area (Å²) in [5, 5.41) is 10.0. The summed E-state index contributed by atoms with van der Waals surface area (Å²) in [6.45, 7) is -0.0496. The number of rotatable bonds is 7. The second-order valence-corrected chi connectivity index (χ2v) is 4.01. The number of hydrogen-bond donors (Lipinski definition) is 2. The van der Waals surface area contributed by atoms with Crippen LogP contribution < -0.4 is 5.32 Å². The maximum atomic E-state index is 11.7. The van der Waals surface area contributed by atoms with Gasteiger partial charge in [0.1, 0.15) is 0 Å². The van der Waals surface area contributed by atoms with Gasteiger partial charge in [-0.25, -0.2) is 0 Å². The van der Waals surface area contributed by atoms with Gasteiger partial charge in [-0.3, -0.25) is 9.59 Å². The minimum Gasteiger partial charge on any atom is -0.481 e. The zero-order chi connectivity index (χ0) is 12.6. The van der Waals surface area contributed by atoms with E-state index in [1.165, 1.54) is 11.8 Å². The quantitative estimate of drug-likeness (QED) is 0.675. The van der Waals surface area contributed by atoms with Crippen LogP contribution in [0.2, 0.25) is 0 Å². The largest absolute Gasteiger partial charge is 0.481 e. The second kappa shape index (κ2) is 7.37. The van der Waals surface area contributed by atoms with E-state index in [1.807, 2.05) is 0 Å². The highest BCUT2D eigenvalue weighted by atomic mass is 32.2. The minimum atomic E-state index is -4.84. The van der Waals surface area contributed by atoms with Gasteiger partial charge < -0.3 is 10.4 Å². The summed E-state index contributed by atoms with van der Waals surface area (Å²) in [6.07, 6.45) is -3.87. The normalized spacial score (nSPS) is 11.2. The van der Waals surface area contributed by atoms with E-state index in [1.54, 1.807) is 5.32 Å². The number of halogens is 3. The molecule has 0 radical (unpaired) electrons. The Morgan fingerprint density at radius 2 is 1.88 bits per heavy atom. The second-order valence-electron chi connectivity index (χ2n) is 2.91. The number of nitrogens with one attached hydrogen (secondary N) is 1. The lowest BCUT2D eigenvalue weighted by Crippen LogP contribution is -2.37. The number of amides is 1. The molecule has 0 heterocycles. The van der Waals surface area contributed by atoms with Gasteiger partial charge >= 0.3 is 18.1 Å². The van der Waals surface area contributed by atoms with Crippen molar-refractivity contribution >= 4 is 23.6 Å². The lowest BCUT2D eigenvalue weighted by Gasteiger charge is -2.07. The SMILES string of the molecule is O=C(O)CSCCCCNC(=O)C(F)(F)F. The van der Waals surface area contributed by atoms with Gasteiger partial charge in [-0.05, 0) is 18.6 Å². The van der Waals surface area contributed by atoms with Crippen molar-refractivity contribution in [3.8, 4) is 0 Å². The fourth-order valence-corrected chi connectivity index (χ4v) is 1.52. The molecule has 0 saturated carbocycles. The van der Waals surface area contributed by atoms with Gasteiger partial charge in [0.05, 0.1) is 5.75 Å². The average molecular weight is 259 g/mol. The third kappa shape index (κ3) is 8.39. The predicted molar refractivity (Wildman–Crippen MR) is 53.3 cm³/mol. The molecule has 8 heteroatoms. The van der Waals surface area contributed by atoms with Crippen molar-refractivity contribution in [2.75, 3.05) is 18.1 Å². The molecule has 0 rings (SSSR count). The van der Waals surface area contributed by atoms with Crippen LogP contribution in [0.15, 0.2) is 0 Å². The third-order valence-electron chi connectivity index (χ3n) is 1.48. The maximum absolute atomic E-state index is 11.7. The van der Waals surface area contributed by atoms with E-state index >= 15 is 0 Å². The van der Waals surface area contributed by atoms with Crippen LogP contribution in [0.1, 0.15) is 12.8 Å². The lowest BCUT2D eigenvalue weighted by atomic mass is 10.3. The van der Waals surface area contributed by atoms with E-state index in [9.17, 15) is 22.8 Å². The number of carboxylic acids is 1. The molecule has 4 nitrogen and oxygen atoms in total. The number of carbonyl (C=O) groups is 2. The van der Waals surface area contributed by atoms with Crippen LogP contribution in [0.5, 0.6) is 0 Å². The Morgan fingerprint density at radius 1 is 1.25 bits per heavy atom. The first-order chi connectivity index (χ1) is 7.34. The predicted octanol–water partition coefficient (Wildman–Crippen LogP) is 1.26. The topological polar surface area (TPSA) is 66.4 Å². The zero-order valence-electron chi connectivity index (χ0n) is 8.34. The molecule has 0 aromatic heterocycles. The van der Waals surface area contributed by atoms with Crippen molar-refractivity contribution in [1.82, 2.24) is 5.32 Å². The Labute approximate surface area is 94.6 Å². The van der Waals surface area contributed by atoms with Gasteiger partial charge in [0, 0.05) is 6.54 Å². The van der Waals surface area contributed by atoms with Gasteiger partial charge in [-0.2, -0.15) is 24.9 Å². The molecule has 0 aliphatic carbocycles. The Balaban J connectivity index is 3.34. The summed E-state index contributed by atoms with van der Waals surface area (Å²) in [6, 6.07) is 0. The lowest BCUT2D eigenvalue weighted by molar-refractivity contribution is -0.173. The van der Waals surface area contributed by atoms with Gasteiger partial charge in [-0.1, -0.05) is 0 Å². The molecule has 0 aliphatic heterocycles. The van der Waals surface area contributed by atoms with Crippen LogP contribution in [-0.4, -0.2) is 41.2 Å². The van der Waals surface area contributed by atoms with Crippen molar-refractivity contribution in [3.05, 3.63) is 0 Å². The highest BCUT2D eigenvalue weighted by Crippen LogP contribution is 2.14. The minimum absolute atomic E-state index is 0.0189. The molecule has 0 bridgehead atoms. The van der Waals surface area contributed by atoms with Crippen LogP contribution in [0, 0.1) is 0 Å². The fourth-order valence-electron chi connectivity index (χ4n) is 0.791. The van der Waals surface area contributed by atoms with Crippen LogP contribution in [0.4, 0.5) is 13.2 Å². The monoisotopic (exact) mass is 259 g/mol. The van der Waals surface area contributed by atoms with Gasteiger partial charge in [0.2, 0.25) is 0 Å². The highest BCUT2D eigenvalue weighted by molar-refractivity contribution is 7.99. The number of thioether (sulfide) groups is 1. The summed E-state index contributed by atoms with van der Waals surface area (Å²) in [5.74, 6) is -2.33. The zero-order valence-corrected chi connectivity index (χ0v) is 9.16. The Hall–Kier alpha value is -0.920. The molecular formula is C8H12F3NO3S. The number of hydrogen-bond acceptors (Lipinski definition) is 3. The number of unbranched alkanes of at least 4 members (excludes halogenated alkanes) is 1. The molecule has 1 amide bonds. The number of aliphatic carboxylic acids is 1. The maximum Gasteiger partial charge on any atom is 0.471 e. The van der Waals surface area contributed by atoms with Gasteiger partial charge in [0.25, 0.3) is 0 Å². The van der Waals surface area contributed by atoms with Crippen molar-refractivity contribution in [1.29, 1.82) is 0 Å². The molecule has 2 N–H and O–H groups in total. The standard InChI is InChI=1S/C8H12F3NO3S/c9-8(10,11)7(15)12-3-1-2-4-16-5-6(13)14/h1-5H2,(H,12,15)(H,13,14). The number of carboxylic acid groups (broad SMARTS) is 1. The number of alkyl halides is 3. The van der Waals surface area contributed by atoms with Crippen molar-refractivity contribution in [2.24, 2.45) is 0 Å². The van der Waals surface area contributed by atoms with Crippen molar-refractivity contribution in [3.63, 3.8) is 0 Å². The van der Waals surface area contributed by atoms with E-state index in [0.29, 0.717) is 18.6 Å². The molecule has 0 aliphatic rings. The van der Waals surface area contributed by atoms with Gasteiger partial charge in [0.15, 0.2) is 0 Å². The van der Waals surface area contributed by atoms with E-state index in [0.717, 1.165) is 0 Å². The summed E-state index contributed by atoms with van der Waals surface area (Å²) >= 11 is 1.19. The molecule has 0 saturated heterocycles. The molecule has 94 valence electrons. The van der Waals surface area contributed by atoms with Crippen molar-refractivity contribution < 1.29 is 27.9 Å². The summed E-state index contributed by atoms with van der Waals surface area (Å²) < 4.78 is 35.1. The summed E-state index contributed by atoms with van der Waals surface area (Å²) in [7, 11) is 0. The molecular weight excluding hydrogens is 247 g/mol.